The average molecular weight is 425 g/mol. The van der Waals surface area contributed by atoms with Crippen LogP contribution in [0, 0.1) is 0 Å². The van der Waals surface area contributed by atoms with Gasteiger partial charge in [0.25, 0.3) is 5.91 Å². The summed E-state index contributed by atoms with van der Waals surface area (Å²) < 4.78 is 0. The first-order valence-electron chi connectivity index (χ1n) is 10.2. The molecule has 1 heterocycles. The number of rotatable bonds is 7. The molecular weight excluding hydrogens is 396 g/mol. The molecule has 2 aromatic carbocycles. The molecule has 7 N–H and O–H groups in total. The van der Waals surface area contributed by atoms with E-state index >= 15 is 0 Å². The molecule has 2 aromatic rings. The van der Waals surface area contributed by atoms with E-state index in [4.69, 9.17) is 16.6 Å². The molecular formula is C22H28N6O3. The highest BCUT2D eigenvalue weighted by molar-refractivity contribution is 6.02. The van der Waals surface area contributed by atoms with Crippen molar-refractivity contribution >= 4 is 23.5 Å². The van der Waals surface area contributed by atoms with Gasteiger partial charge in [-0.2, -0.15) is 4.99 Å². The highest BCUT2D eigenvalue weighted by atomic mass is 16.4. The van der Waals surface area contributed by atoms with Crippen LogP contribution in [0.25, 0.3) is 0 Å². The van der Waals surface area contributed by atoms with E-state index < -0.39 is 17.9 Å². The Labute approximate surface area is 181 Å². The van der Waals surface area contributed by atoms with E-state index in [-0.39, 0.29) is 12.4 Å². The van der Waals surface area contributed by atoms with Crippen LogP contribution in [-0.2, 0) is 17.8 Å². The summed E-state index contributed by atoms with van der Waals surface area (Å²) >= 11 is 0. The zero-order valence-corrected chi connectivity index (χ0v) is 17.3. The SMILES string of the molecule is N/C(=N\C(=O)c1ccc(C[C@H](N)C(=O)O)cc1)NCc1ccccc1N1CCNCC1. The van der Waals surface area contributed by atoms with E-state index in [2.05, 4.69) is 26.6 Å². The molecule has 1 amide bonds. The van der Waals surface area contributed by atoms with Crippen LogP contribution >= 0.6 is 0 Å². The fourth-order valence-electron chi connectivity index (χ4n) is 3.40. The number of anilines is 1. The molecule has 1 aliphatic rings. The second-order valence-corrected chi connectivity index (χ2v) is 7.37. The summed E-state index contributed by atoms with van der Waals surface area (Å²) in [4.78, 5) is 29.5. The lowest BCUT2D eigenvalue weighted by Gasteiger charge is -2.31. The number of carboxylic acid groups (broad SMARTS) is 1. The van der Waals surface area contributed by atoms with Gasteiger partial charge in [-0.1, -0.05) is 30.3 Å². The molecule has 1 saturated heterocycles. The topological polar surface area (TPSA) is 146 Å². The van der Waals surface area contributed by atoms with Crippen molar-refractivity contribution in [3.8, 4) is 0 Å². The number of hydrogen-bond acceptors (Lipinski definition) is 5. The molecule has 3 rings (SSSR count). The van der Waals surface area contributed by atoms with Gasteiger partial charge in [-0.3, -0.25) is 9.59 Å². The van der Waals surface area contributed by atoms with Crippen molar-refractivity contribution in [2.75, 3.05) is 31.1 Å². The standard InChI is InChI=1S/C22H28N6O3/c23-18(21(30)31)13-15-5-7-16(8-6-15)20(29)27-22(24)26-14-17-3-1-2-4-19(17)28-11-9-25-10-12-28/h1-8,18,25H,9-14,23H2,(H,30,31)(H3,24,26,27,29)/t18-/m0/s1. The number of nitrogens with two attached hydrogens (primary N) is 2. The minimum absolute atomic E-state index is 0.0390. The van der Waals surface area contributed by atoms with Crippen LogP contribution < -0.4 is 27.0 Å². The summed E-state index contributed by atoms with van der Waals surface area (Å²) in [5.41, 5.74) is 14.8. The number of amides is 1. The van der Waals surface area contributed by atoms with Crippen molar-refractivity contribution < 1.29 is 14.7 Å². The first-order chi connectivity index (χ1) is 14.9. The Bertz CT molecular complexity index is 939. The van der Waals surface area contributed by atoms with Gasteiger partial charge in [0.2, 0.25) is 0 Å². The summed E-state index contributed by atoms with van der Waals surface area (Å²) in [5, 5.41) is 15.2. The second-order valence-electron chi connectivity index (χ2n) is 7.37. The van der Waals surface area contributed by atoms with Gasteiger partial charge in [-0.25, -0.2) is 0 Å². The van der Waals surface area contributed by atoms with Gasteiger partial charge >= 0.3 is 5.97 Å². The molecule has 0 saturated carbocycles. The summed E-state index contributed by atoms with van der Waals surface area (Å²) in [6.45, 7) is 4.22. The molecule has 0 spiro atoms. The fraction of sp³-hybridized carbons (Fsp3) is 0.318. The summed E-state index contributed by atoms with van der Waals surface area (Å²) in [7, 11) is 0. The van der Waals surface area contributed by atoms with Gasteiger partial charge in [-0.15, -0.1) is 0 Å². The lowest BCUT2D eigenvalue weighted by molar-refractivity contribution is -0.138. The van der Waals surface area contributed by atoms with Crippen molar-refractivity contribution in [2.45, 2.75) is 19.0 Å². The van der Waals surface area contributed by atoms with Crippen LogP contribution in [0.4, 0.5) is 5.69 Å². The highest BCUT2D eigenvalue weighted by Crippen LogP contribution is 2.20. The Balaban J connectivity index is 1.59. The van der Waals surface area contributed by atoms with E-state index in [1.165, 1.54) is 0 Å². The quantitative estimate of drug-likeness (QED) is 0.315. The van der Waals surface area contributed by atoms with Crippen LogP contribution in [0.3, 0.4) is 0 Å². The van der Waals surface area contributed by atoms with Crippen molar-refractivity contribution in [2.24, 2.45) is 16.5 Å². The van der Waals surface area contributed by atoms with E-state index in [0.717, 1.165) is 43.0 Å². The van der Waals surface area contributed by atoms with Gasteiger partial charge < -0.3 is 32.1 Å². The predicted octanol–water partition coefficient (Wildman–Crippen LogP) is 0.295. The summed E-state index contributed by atoms with van der Waals surface area (Å²) in [6.07, 6.45) is 0.184. The van der Waals surface area contributed by atoms with Gasteiger partial charge in [0.05, 0.1) is 0 Å². The normalized spacial score (nSPS) is 15.4. The van der Waals surface area contributed by atoms with Crippen LogP contribution in [0.15, 0.2) is 53.5 Å². The molecule has 9 heteroatoms. The van der Waals surface area contributed by atoms with Crippen molar-refractivity contribution in [3.05, 3.63) is 65.2 Å². The van der Waals surface area contributed by atoms with Gasteiger partial charge in [0.15, 0.2) is 5.96 Å². The number of piperazine rings is 1. The predicted molar refractivity (Wildman–Crippen MR) is 120 cm³/mol. The first-order valence-corrected chi connectivity index (χ1v) is 10.2. The van der Waals surface area contributed by atoms with E-state index in [1.54, 1.807) is 24.3 Å². The Morgan fingerprint density at radius 2 is 1.81 bits per heavy atom. The number of guanidine groups is 1. The van der Waals surface area contributed by atoms with Crippen LogP contribution in [0.5, 0.6) is 0 Å². The van der Waals surface area contributed by atoms with Crippen molar-refractivity contribution in [1.29, 1.82) is 0 Å². The zero-order chi connectivity index (χ0) is 22.2. The molecule has 31 heavy (non-hydrogen) atoms. The lowest BCUT2D eigenvalue weighted by Crippen LogP contribution is -2.44. The molecule has 0 bridgehead atoms. The third-order valence-electron chi connectivity index (χ3n) is 5.10. The third kappa shape index (κ3) is 6.27. The zero-order valence-electron chi connectivity index (χ0n) is 17.3. The maximum atomic E-state index is 12.4. The van der Waals surface area contributed by atoms with Gasteiger partial charge in [0.1, 0.15) is 6.04 Å². The maximum Gasteiger partial charge on any atom is 0.320 e. The van der Waals surface area contributed by atoms with E-state index in [0.29, 0.717) is 12.1 Å². The van der Waals surface area contributed by atoms with Crippen LogP contribution in [0.2, 0.25) is 0 Å². The third-order valence-corrected chi connectivity index (χ3v) is 5.10. The molecule has 1 fully saturated rings. The maximum absolute atomic E-state index is 12.4. The minimum Gasteiger partial charge on any atom is -0.480 e. The number of nitrogens with zero attached hydrogens (tertiary/aromatic N) is 2. The second kappa shape index (κ2) is 10.6. The Morgan fingerprint density at radius 3 is 2.48 bits per heavy atom. The van der Waals surface area contributed by atoms with Gasteiger partial charge in [0, 0.05) is 44.0 Å². The Hall–Kier alpha value is -3.43. The first kappa shape index (κ1) is 22.3. The minimum atomic E-state index is -1.07. The number of nitrogens with one attached hydrogen (secondary N) is 2. The number of carboxylic acids is 1. The fourth-order valence-corrected chi connectivity index (χ4v) is 3.40. The number of hydrogen-bond donors (Lipinski definition) is 5. The smallest absolute Gasteiger partial charge is 0.320 e. The van der Waals surface area contributed by atoms with Crippen molar-refractivity contribution in [1.82, 2.24) is 10.6 Å². The van der Waals surface area contributed by atoms with Crippen molar-refractivity contribution in [3.63, 3.8) is 0 Å². The van der Waals surface area contributed by atoms with Gasteiger partial charge in [-0.05, 0) is 35.7 Å². The molecule has 0 aromatic heterocycles. The van der Waals surface area contributed by atoms with Crippen LogP contribution in [0.1, 0.15) is 21.5 Å². The number of carbonyl (C=O) groups is 2. The molecule has 9 nitrogen and oxygen atoms in total. The number of carbonyl (C=O) groups excluding carboxylic acids is 1. The average Bonchev–Trinajstić information content (AvgIpc) is 2.79. The molecule has 0 radical (unpaired) electrons. The number of aliphatic carboxylic acids is 1. The molecule has 1 atom stereocenters. The monoisotopic (exact) mass is 424 g/mol. The molecule has 0 aliphatic carbocycles. The summed E-state index contributed by atoms with van der Waals surface area (Å²) in [6, 6.07) is 13.6. The Morgan fingerprint density at radius 1 is 1.13 bits per heavy atom. The Kier molecular flexibility index (Phi) is 7.58. The number of benzene rings is 2. The lowest BCUT2D eigenvalue weighted by atomic mass is 10.0. The molecule has 1 aliphatic heterocycles. The summed E-state index contributed by atoms with van der Waals surface area (Å²) in [5.74, 6) is -1.51. The number of para-hydroxylation sites is 1. The molecule has 164 valence electrons. The largest absolute Gasteiger partial charge is 0.480 e. The molecule has 0 unspecified atom stereocenters. The highest BCUT2D eigenvalue weighted by Gasteiger charge is 2.15. The van der Waals surface area contributed by atoms with E-state index in [9.17, 15) is 9.59 Å². The van der Waals surface area contributed by atoms with E-state index in [1.807, 2.05) is 18.2 Å². The number of aliphatic imine (C=N–C) groups is 1. The van der Waals surface area contributed by atoms with Crippen LogP contribution in [-0.4, -0.2) is 55.2 Å².